The Balaban J connectivity index is 2.12. The fourth-order valence-corrected chi connectivity index (χ4v) is 4.06. The first-order valence-corrected chi connectivity index (χ1v) is 8.46. The standard InChI is InChI=1S/C14H23N3O2S/c1-14(2)7-4-11(5-8-14)17-20(18,19)13-10-16-9-6-12(13)15-3/h6,9-11,17H,4-5,7-8H2,1-3H3,(H,15,16). The molecule has 1 fully saturated rings. The Morgan fingerprint density at radius 2 is 1.95 bits per heavy atom. The second-order valence-corrected chi connectivity index (χ2v) is 7.86. The lowest BCUT2D eigenvalue weighted by atomic mass is 9.76. The molecule has 0 spiro atoms. The number of nitrogens with one attached hydrogen (secondary N) is 2. The van der Waals surface area contributed by atoms with Gasteiger partial charge >= 0.3 is 0 Å². The van der Waals surface area contributed by atoms with Gasteiger partial charge in [-0.1, -0.05) is 13.8 Å². The third-order valence-corrected chi connectivity index (χ3v) is 5.55. The number of anilines is 1. The quantitative estimate of drug-likeness (QED) is 0.895. The Kier molecular flexibility index (Phi) is 4.34. The molecule has 2 rings (SSSR count). The predicted octanol–water partition coefficient (Wildman–Crippen LogP) is 2.37. The van der Waals surface area contributed by atoms with E-state index in [2.05, 4.69) is 28.9 Å². The Bertz CT molecular complexity index is 560. The molecule has 1 heterocycles. The summed E-state index contributed by atoms with van der Waals surface area (Å²) < 4.78 is 27.7. The zero-order valence-electron chi connectivity index (χ0n) is 12.3. The molecule has 0 unspecified atom stereocenters. The number of sulfonamides is 1. The van der Waals surface area contributed by atoms with Gasteiger partial charge in [0.05, 0.1) is 5.69 Å². The SMILES string of the molecule is CNc1ccncc1S(=O)(=O)NC1CCC(C)(C)CC1. The van der Waals surface area contributed by atoms with Gasteiger partial charge in [-0.3, -0.25) is 4.98 Å². The van der Waals surface area contributed by atoms with Crippen LogP contribution in [0.1, 0.15) is 39.5 Å². The van der Waals surface area contributed by atoms with E-state index < -0.39 is 10.0 Å². The molecule has 6 heteroatoms. The van der Waals surface area contributed by atoms with Crippen molar-refractivity contribution < 1.29 is 8.42 Å². The van der Waals surface area contributed by atoms with E-state index in [1.54, 1.807) is 19.3 Å². The lowest BCUT2D eigenvalue weighted by Gasteiger charge is -2.34. The number of nitrogens with zero attached hydrogens (tertiary/aromatic N) is 1. The van der Waals surface area contributed by atoms with Gasteiger partial charge in [-0.15, -0.1) is 0 Å². The molecular weight excluding hydrogens is 274 g/mol. The molecule has 0 bridgehead atoms. The Hall–Kier alpha value is -1.14. The van der Waals surface area contributed by atoms with Crippen LogP contribution in [0.5, 0.6) is 0 Å². The largest absolute Gasteiger partial charge is 0.387 e. The maximum absolute atomic E-state index is 12.5. The summed E-state index contributed by atoms with van der Waals surface area (Å²) in [5.74, 6) is 0. The Morgan fingerprint density at radius 1 is 1.30 bits per heavy atom. The molecule has 1 aromatic rings. The van der Waals surface area contributed by atoms with Gasteiger partial charge in [0.25, 0.3) is 0 Å². The summed E-state index contributed by atoms with van der Waals surface area (Å²) in [5.41, 5.74) is 0.899. The van der Waals surface area contributed by atoms with E-state index in [1.807, 2.05) is 0 Å². The molecule has 5 nitrogen and oxygen atoms in total. The number of rotatable bonds is 4. The summed E-state index contributed by atoms with van der Waals surface area (Å²) in [7, 11) is -1.81. The number of aromatic nitrogens is 1. The minimum absolute atomic E-state index is 0.0259. The van der Waals surface area contributed by atoms with Crippen LogP contribution in [0.15, 0.2) is 23.4 Å². The molecule has 0 aliphatic heterocycles. The lowest BCUT2D eigenvalue weighted by Crippen LogP contribution is -2.39. The number of pyridine rings is 1. The molecule has 0 radical (unpaired) electrons. The summed E-state index contributed by atoms with van der Waals surface area (Å²) in [6.45, 7) is 4.47. The van der Waals surface area contributed by atoms with Crippen LogP contribution in [0, 0.1) is 5.41 Å². The summed E-state index contributed by atoms with van der Waals surface area (Å²) >= 11 is 0. The molecule has 1 saturated carbocycles. The molecule has 0 amide bonds. The van der Waals surface area contributed by atoms with Crippen molar-refractivity contribution in [3.8, 4) is 0 Å². The molecule has 0 aromatic carbocycles. The van der Waals surface area contributed by atoms with E-state index in [-0.39, 0.29) is 10.9 Å². The van der Waals surface area contributed by atoms with Crippen LogP contribution in [-0.2, 0) is 10.0 Å². The van der Waals surface area contributed by atoms with Crippen LogP contribution in [0.2, 0.25) is 0 Å². The van der Waals surface area contributed by atoms with E-state index in [0.717, 1.165) is 25.7 Å². The second-order valence-electron chi connectivity index (χ2n) is 6.18. The van der Waals surface area contributed by atoms with Gasteiger partial charge in [-0.25, -0.2) is 13.1 Å². The van der Waals surface area contributed by atoms with Crippen LogP contribution >= 0.6 is 0 Å². The second kappa shape index (κ2) is 5.69. The van der Waals surface area contributed by atoms with Crippen molar-refractivity contribution >= 4 is 15.7 Å². The fraction of sp³-hybridized carbons (Fsp3) is 0.643. The summed E-state index contributed by atoms with van der Waals surface area (Å²) in [4.78, 5) is 4.13. The van der Waals surface area contributed by atoms with Gasteiger partial charge in [0.1, 0.15) is 4.90 Å². The topological polar surface area (TPSA) is 71.1 Å². The van der Waals surface area contributed by atoms with E-state index >= 15 is 0 Å². The highest BCUT2D eigenvalue weighted by Gasteiger charge is 2.30. The number of hydrogen-bond donors (Lipinski definition) is 2. The third kappa shape index (κ3) is 3.49. The van der Waals surface area contributed by atoms with Crippen LogP contribution < -0.4 is 10.0 Å². The van der Waals surface area contributed by atoms with Crippen molar-refractivity contribution in [2.75, 3.05) is 12.4 Å². The molecular formula is C14H23N3O2S. The molecule has 0 atom stereocenters. The van der Waals surface area contributed by atoms with Crippen molar-refractivity contribution in [3.05, 3.63) is 18.5 Å². The highest BCUT2D eigenvalue weighted by atomic mass is 32.2. The Morgan fingerprint density at radius 3 is 2.55 bits per heavy atom. The predicted molar refractivity (Wildman–Crippen MR) is 80.1 cm³/mol. The van der Waals surface area contributed by atoms with Gasteiger partial charge in [-0.05, 0) is 37.2 Å². The molecule has 112 valence electrons. The minimum atomic E-state index is -3.51. The van der Waals surface area contributed by atoms with Gasteiger partial charge in [-0.2, -0.15) is 0 Å². The normalized spacial score (nSPS) is 19.8. The van der Waals surface area contributed by atoms with Crippen LogP contribution in [-0.4, -0.2) is 26.5 Å². The molecule has 1 aliphatic carbocycles. The van der Waals surface area contributed by atoms with Crippen molar-refractivity contribution in [1.29, 1.82) is 0 Å². The first kappa shape index (κ1) is 15.3. The van der Waals surface area contributed by atoms with Crippen molar-refractivity contribution in [1.82, 2.24) is 9.71 Å². The zero-order chi connectivity index (χ0) is 14.8. The van der Waals surface area contributed by atoms with Crippen molar-refractivity contribution in [2.45, 2.75) is 50.5 Å². The van der Waals surface area contributed by atoms with Gasteiger partial charge < -0.3 is 5.32 Å². The summed E-state index contributed by atoms with van der Waals surface area (Å²) in [6, 6.07) is 1.69. The van der Waals surface area contributed by atoms with Crippen LogP contribution in [0.4, 0.5) is 5.69 Å². The Labute approximate surface area is 121 Å². The highest BCUT2D eigenvalue weighted by molar-refractivity contribution is 7.89. The van der Waals surface area contributed by atoms with E-state index in [1.165, 1.54) is 6.20 Å². The van der Waals surface area contributed by atoms with E-state index in [4.69, 9.17) is 0 Å². The van der Waals surface area contributed by atoms with Crippen LogP contribution in [0.25, 0.3) is 0 Å². The molecule has 0 saturated heterocycles. The molecule has 1 aliphatic rings. The first-order chi connectivity index (χ1) is 9.34. The molecule has 20 heavy (non-hydrogen) atoms. The van der Waals surface area contributed by atoms with Crippen LogP contribution in [0.3, 0.4) is 0 Å². The molecule has 2 N–H and O–H groups in total. The average molecular weight is 297 g/mol. The van der Waals surface area contributed by atoms with Crippen molar-refractivity contribution in [2.24, 2.45) is 5.41 Å². The first-order valence-electron chi connectivity index (χ1n) is 6.98. The van der Waals surface area contributed by atoms with Crippen molar-refractivity contribution in [3.63, 3.8) is 0 Å². The average Bonchev–Trinajstić information content (AvgIpc) is 2.41. The summed E-state index contributed by atoms with van der Waals surface area (Å²) in [6.07, 6.45) is 6.84. The molecule has 1 aromatic heterocycles. The van der Waals surface area contributed by atoms with Gasteiger partial charge in [0, 0.05) is 25.5 Å². The lowest BCUT2D eigenvalue weighted by molar-refractivity contribution is 0.218. The maximum Gasteiger partial charge on any atom is 0.244 e. The van der Waals surface area contributed by atoms with E-state index in [9.17, 15) is 8.42 Å². The monoisotopic (exact) mass is 297 g/mol. The zero-order valence-corrected chi connectivity index (χ0v) is 13.1. The smallest absolute Gasteiger partial charge is 0.244 e. The van der Waals surface area contributed by atoms with Gasteiger partial charge in [0.15, 0.2) is 0 Å². The third-order valence-electron chi connectivity index (χ3n) is 4.00. The summed E-state index contributed by atoms with van der Waals surface area (Å²) in [5, 5.41) is 2.89. The maximum atomic E-state index is 12.5. The minimum Gasteiger partial charge on any atom is -0.387 e. The number of hydrogen-bond acceptors (Lipinski definition) is 4. The highest BCUT2D eigenvalue weighted by Crippen LogP contribution is 2.35. The fourth-order valence-electron chi connectivity index (χ4n) is 2.60. The van der Waals surface area contributed by atoms with Gasteiger partial charge in [0.2, 0.25) is 10.0 Å². The van der Waals surface area contributed by atoms with E-state index in [0.29, 0.717) is 11.1 Å².